The predicted molar refractivity (Wildman–Crippen MR) is 99.6 cm³/mol. The summed E-state index contributed by atoms with van der Waals surface area (Å²) in [5.74, 6) is -0.208. The van der Waals surface area contributed by atoms with E-state index in [1.165, 1.54) is 6.20 Å². The lowest BCUT2D eigenvalue weighted by Crippen LogP contribution is -2.15. The third kappa shape index (κ3) is 5.01. The van der Waals surface area contributed by atoms with Gasteiger partial charge in [0.1, 0.15) is 11.6 Å². The first-order valence-electron chi connectivity index (χ1n) is 6.41. The molecular weight excluding hydrogens is 473 g/mol. The average molecular weight is 484 g/mol. The second-order valence-electron chi connectivity index (χ2n) is 4.45. The largest absolute Gasteiger partial charge is 0.329 e. The van der Waals surface area contributed by atoms with Crippen LogP contribution in [-0.2, 0) is 4.79 Å². The van der Waals surface area contributed by atoms with E-state index in [1.807, 2.05) is 25.1 Å². The molecule has 1 amide bonds. The fourth-order valence-corrected chi connectivity index (χ4v) is 2.48. The molecule has 23 heavy (non-hydrogen) atoms. The number of hydrogen-bond acceptors (Lipinski definition) is 5. The highest BCUT2D eigenvalue weighted by Crippen LogP contribution is 2.18. The fourth-order valence-electron chi connectivity index (χ4n) is 1.63. The average Bonchev–Trinajstić information content (AvgIpc) is 2.52. The van der Waals surface area contributed by atoms with Gasteiger partial charge in [-0.05, 0) is 69.2 Å². The first-order valence-corrected chi connectivity index (χ1v) is 8.28. The van der Waals surface area contributed by atoms with Crippen molar-refractivity contribution in [3.05, 3.63) is 56.0 Å². The van der Waals surface area contributed by atoms with E-state index in [4.69, 9.17) is 5.26 Å². The number of anilines is 2. The normalized spacial score (nSPS) is 10.8. The summed E-state index contributed by atoms with van der Waals surface area (Å²) in [7, 11) is 0. The molecule has 0 atom stereocenters. The maximum Gasteiger partial charge on any atom is 0.267 e. The SMILES string of the molecule is Cc1cc(I)ccc1NC(=O)/C(C#N)=C\Nc1ncc(Br)cn1. The Kier molecular flexibility index (Phi) is 6.06. The van der Waals surface area contributed by atoms with E-state index < -0.39 is 5.91 Å². The molecule has 0 saturated heterocycles. The van der Waals surface area contributed by atoms with Gasteiger partial charge >= 0.3 is 0 Å². The monoisotopic (exact) mass is 483 g/mol. The van der Waals surface area contributed by atoms with Gasteiger partial charge in [0.25, 0.3) is 5.91 Å². The van der Waals surface area contributed by atoms with E-state index in [2.05, 4.69) is 59.1 Å². The summed E-state index contributed by atoms with van der Waals surface area (Å²) in [5, 5.41) is 14.6. The first-order chi connectivity index (χ1) is 11.0. The number of nitrogens with one attached hydrogen (secondary N) is 2. The zero-order chi connectivity index (χ0) is 16.8. The van der Waals surface area contributed by atoms with Gasteiger partial charge in [0.05, 0.1) is 4.47 Å². The van der Waals surface area contributed by atoms with Crippen molar-refractivity contribution in [2.45, 2.75) is 6.92 Å². The molecule has 2 aromatic rings. The number of benzene rings is 1. The Balaban J connectivity index is 2.10. The zero-order valence-corrected chi connectivity index (χ0v) is 15.7. The zero-order valence-electron chi connectivity index (χ0n) is 12.0. The van der Waals surface area contributed by atoms with Crippen LogP contribution in [0.1, 0.15) is 5.56 Å². The second kappa shape index (κ2) is 8.03. The highest BCUT2D eigenvalue weighted by molar-refractivity contribution is 14.1. The van der Waals surface area contributed by atoms with Crippen molar-refractivity contribution in [2.75, 3.05) is 10.6 Å². The Morgan fingerprint density at radius 1 is 1.39 bits per heavy atom. The molecule has 0 aliphatic rings. The predicted octanol–water partition coefficient (Wildman–Crippen LogP) is 3.61. The number of hydrogen-bond donors (Lipinski definition) is 2. The molecule has 1 aromatic heterocycles. The molecule has 116 valence electrons. The van der Waals surface area contributed by atoms with Crippen molar-refractivity contribution < 1.29 is 4.79 Å². The van der Waals surface area contributed by atoms with Crippen molar-refractivity contribution >= 4 is 56.1 Å². The molecule has 1 heterocycles. The third-order valence-electron chi connectivity index (χ3n) is 2.77. The van der Waals surface area contributed by atoms with Crippen molar-refractivity contribution in [2.24, 2.45) is 0 Å². The molecule has 0 fully saturated rings. The lowest BCUT2D eigenvalue weighted by atomic mass is 10.2. The molecule has 0 aliphatic heterocycles. The molecule has 0 saturated carbocycles. The van der Waals surface area contributed by atoms with Crippen LogP contribution in [0, 0.1) is 21.8 Å². The smallest absolute Gasteiger partial charge is 0.267 e. The summed E-state index contributed by atoms with van der Waals surface area (Å²) >= 11 is 5.42. The van der Waals surface area contributed by atoms with Gasteiger partial charge in [-0.1, -0.05) is 0 Å². The van der Waals surface area contributed by atoms with E-state index in [9.17, 15) is 4.79 Å². The number of amides is 1. The molecular formula is C15H11BrIN5O. The number of aromatic nitrogens is 2. The topological polar surface area (TPSA) is 90.7 Å². The van der Waals surface area contributed by atoms with Gasteiger partial charge in [-0.3, -0.25) is 4.79 Å². The summed E-state index contributed by atoms with van der Waals surface area (Å²) in [5.41, 5.74) is 1.51. The van der Waals surface area contributed by atoms with E-state index >= 15 is 0 Å². The Morgan fingerprint density at radius 3 is 2.70 bits per heavy atom. The van der Waals surface area contributed by atoms with Crippen LogP contribution in [-0.4, -0.2) is 15.9 Å². The molecule has 0 radical (unpaired) electrons. The maximum absolute atomic E-state index is 12.2. The lowest BCUT2D eigenvalue weighted by Gasteiger charge is -2.08. The van der Waals surface area contributed by atoms with Gasteiger partial charge in [-0.15, -0.1) is 0 Å². The number of carbonyl (C=O) groups is 1. The van der Waals surface area contributed by atoms with Gasteiger partial charge < -0.3 is 10.6 Å². The minimum atomic E-state index is -0.499. The Bertz CT molecular complexity index is 799. The summed E-state index contributed by atoms with van der Waals surface area (Å²) < 4.78 is 1.81. The molecule has 2 rings (SSSR count). The number of nitriles is 1. The van der Waals surface area contributed by atoms with Gasteiger partial charge in [0.2, 0.25) is 5.95 Å². The Morgan fingerprint density at radius 2 is 2.09 bits per heavy atom. The number of carbonyl (C=O) groups excluding carboxylic acids is 1. The molecule has 6 nitrogen and oxygen atoms in total. The summed E-state index contributed by atoms with van der Waals surface area (Å²) in [4.78, 5) is 20.2. The lowest BCUT2D eigenvalue weighted by molar-refractivity contribution is -0.112. The molecule has 0 bridgehead atoms. The molecule has 0 aliphatic carbocycles. The maximum atomic E-state index is 12.2. The quantitative estimate of drug-likeness (QED) is 0.394. The van der Waals surface area contributed by atoms with Crippen LogP contribution in [0.25, 0.3) is 0 Å². The minimum Gasteiger partial charge on any atom is -0.329 e. The van der Waals surface area contributed by atoms with Crippen LogP contribution in [0.4, 0.5) is 11.6 Å². The van der Waals surface area contributed by atoms with Gasteiger partial charge in [-0.25, -0.2) is 9.97 Å². The number of nitrogens with zero attached hydrogens (tertiary/aromatic N) is 3. The summed E-state index contributed by atoms with van der Waals surface area (Å²) in [6.07, 6.45) is 4.40. The van der Waals surface area contributed by atoms with Crippen LogP contribution in [0.15, 0.2) is 46.8 Å². The van der Waals surface area contributed by atoms with E-state index in [0.29, 0.717) is 11.6 Å². The van der Waals surface area contributed by atoms with Crippen LogP contribution >= 0.6 is 38.5 Å². The number of halogens is 2. The molecule has 1 aromatic carbocycles. The van der Waals surface area contributed by atoms with Crippen LogP contribution in [0.5, 0.6) is 0 Å². The highest BCUT2D eigenvalue weighted by atomic mass is 127. The first kappa shape index (κ1) is 17.4. The standard InChI is InChI=1S/C15H11BrIN5O/c1-9-4-12(17)2-3-13(9)22-14(23)10(5-18)6-19-15-20-7-11(16)8-21-15/h2-4,6-8H,1H3,(H,22,23)(H,19,20,21)/b10-6-. The van der Waals surface area contributed by atoms with Crippen LogP contribution in [0.2, 0.25) is 0 Å². The van der Waals surface area contributed by atoms with Crippen LogP contribution in [0.3, 0.4) is 0 Å². The number of rotatable bonds is 4. The van der Waals surface area contributed by atoms with Crippen molar-refractivity contribution in [3.8, 4) is 6.07 Å². The van der Waals surface area contributed by atoms with Crippen LogP contribution < -0.4 is 10.6 Å². The molecule has 8 heteroatoms. The highest BCUT2D eigenvalue weighted by Gasteiger charge is 2.11. The molecule has 0 unspecified atom stereocenters. The third-order valence-corrected chi connectivity index (χ3v) is 3.85. The van der Waals surface area contributed by atoms with E-state index in [-0.39, 0.29) is 5.57 Å². The minimum absolute atomic E-state index is 0.0746. The number of aryl methyl sites for hydroxylation is 1. The van der Waals surface area contributed by atoms with Gasteiger partial charge in [0, 0.05) is 27.9 Å². The Hall–Kier alpha value is -1.99. The summed E-state index contributed by atoms with van der Waals surface area (Å²) in [6.45, 7) is 1.89. The van der Waals surface area contributed by atoms with Gasteiger partial charge in [-0.2, -0.15) is 5.26 Å². The van der Waals surface area contributed by atoms with E-state index in [1.54, 1.807) is 18.5 Å². The Labute approximate surface area is 155 Å². The fraction of sp³-hybridized carbons (Fsp3) is 0.0667. The van der Waals surface area contributed by atoms with Crippen molar-refractivity contribution in [1.29, 1.82) is 5.26 Å². The second-order valence-corrected chi connectivity index (χ2v) is 6.61. The van der Waals surface area contributed by atoms with E-state index in [0.717, 1.165) is 13.6 Å². The van der Waals surface area contributed by atoms with Gasteiger partial charge in [0.15, 0.2) is 0 Å². The van der Waals surface area contributed by atoms with Crippen molar-refractivity contribution in [1.82, 2.24) is 9.97 Å². The molecule has 2 N–H and O–H groups in total. The summed E-state index contributed by atoms with van der Waals surface area (Å²) in [6, 6.07) is 7.48. The van der Waals surface area contributed by atoms with Crippen molar-refractivity contribution in [3.63, 3.8) is 0 Å². The molecule has 0 spiro atoms.